The minimum absolute atomic E-state index is 0.135. The summed E-state index contributed by atoms with van der Waals surface area (Å²) in [5.41, 5.74) is 6.85. The standard InChI is InChI=1S/C12H15N3O3S/c1-14-19(16,17)10-4-5-12(11(13)7-10)15-8-9-3-2-6-18-9/h2-7,14-15H,8,13H2,1H3. The highest BCUT2D eigenvalue weighted by Gasteiger charge is 2.12. The van der Waals surface area contributed by atoms with Crippen molar-refractivity contribution in [2.24, 2.45) is 0 Å². The van der Waals surface area contributed by atoms with Crippen molar-refractivity contribution in [3.05, 3.63) is 42.4 Å². The summed E-state index contributed by atoms with van der Waals surface area (Å²) in [6, 6.07) is 8.16. The Hall–Kier alpha value is -1.99. The van der Waals surface area contributed by atoms with Gasteiger partial charge in [0.1, 0.15) is 5.76 Å². The molecule has 2 rings (SSSR count). The van der Waals surface area contributed by atoms with Gasteiger partial charge in [-0.25, -0.2) is 13.1 Å². The maximum atomic E-state index is 11.6. The van der Waals surface area contributed by atoms with Crippen molar-refractivity contribution in [1.82, 2.24) is 4.72 Å². The molecule has 6 nitrogen and oxygen atoms in total. The van der Waals surface area contributed by atoms with Gasteiger partial charge in [-0.05, 0) is 37.4 Å². The lowest BCUT2D eigenvalue weighted by molar-refractivity contribution is 0.518. The molecule has 0 saturated heterocycles. The number of sulfonamides is 1. The van der Waals surface area contributed by atoms with Crippen molar-refractivity contribution >= 4 is 21.4 Å². The van der Waals surface area contributed by atoms with Crippen LogP contribution in [0, 0.1) is 0 Å². The van der Waals surface area contributed by atoms with E-state index < -0.39 is 10.0 Å². The third-order valence-electron chi connectivity index (χ3n) is 2.64. The van der Waals surface area contributed by atoms with Crippen LogP contribution in [0.15, 0.2) is 45.9 Å². The van der Waals surface area contributed by atoms with E-state index in [1.807, 2.05) is 6.07 Å². The fraction of sp³-hybridized carbons (Fsp3) is 0.167. The molecule has 0 radical (unpaired) electrons. The van der Waals surface area contributed by atoms with Gasteiger partial charge < -0.3 is 15.5 Å². The zero-order chi connectivity index (χ0) is 13.9. The summed E-state index contributed by atoms with van der Waals surface area (Å²) < 4.78 is 30.6. The van der Waals surface area contributed by atoms with Crippen molar-refractivity contribution in [2.75, 3.05) is 18.1 Å². The quantitative estimate of drug-likeness (QED) is 0.719. The van der Waals surface area contributed by atoms with E-state index >= 15 is 0 Å². The first-order valence-electron chi connectivity index (χ1n) is 5.62. The van der Waals surface area contributed by atoms with Crippen LogP contribution in [0.2, 0.25) is 0 Å². The predicted octanol–water partition coefficient (Wildman–Crippen LogP) is 1.38. The number of benzene rings is 1. The summed E-state index contributed by atoms with van der Waals surface area (Å²) >= 11 is 0. The van der Waals surface area contributed by atoms with Crippen molar-refractivity contribution in [2.45, 2.75) is 11.4 Å². The van der Waals surface area contributed by atoms with E-state index in [1.54, 1.807) is 18.4 Å². The second-order valence-corrected chi connectivity index (χ2v) is 5.78. The third kappa shape index (κ3) is 3.07. The number of rotatable bonds is 5. The largest absolute Gasteiger partial charge is 0.467 e. The molecule has 0 saturated carbocycles. The summed E-state index contributed by atoms with van der Waals surface area (Å²) in [7, 11) is -2.12. The summed E-state index contributed by atoms with van der Waals surface area (Å²) in [4.78, 5) is 0.135. The molecule has 0 amide bonds. The van der Waals surface area contributed by atoms with Crippen LogP contribution in [0.5, 0.6) is 0 Å². The van der Waals surface area contributed by atoms with Gasteiger partial charge in [0.05, 0.1) is 29.1 Å². The van der Waals surface area contributed by atoms with Crippen LogP contribution in [0.4, 0.5) is 11.4 Å². The Morgan fingerprint density at radius 2 is 2.11 bits per heavy atom. The maximum Gasteiger partial charge on any atom is 0.240 e. The van der Waals surface area contributed by atoms with E-state index in [2.05, 4.69) is 10.0 Å². The van der Waals surface area contributed by atoms with Crippen molar-refractivity contribution < 1.29 is 12.8 Å². The zero-order valence-corrected chi connectivity index (χ0v) is 11.2. The molecule has 0 atom stereocenters. The minimum Gasteiger partial charge on any atom is -0.467 e. The van der Waals surface area contributed by atoms with Crippen LogP contribution in [-0.2, 0) is 16.6 Å². The Bertz CT molecular complexity index is 651. The highest BCUT2D eigenvalue weighted by Crippen LogP contribution is 2.23. The molecular formula is C12H15N3O3S. The van der Waals surface area contributed by atoms with E-state index in [0.717, 1.165) is 5.76 Å². The smallest absolute Gasteiger partial charge is 0.240 e. The number of nitrogens with one attached hydrogen (secondary N) is 2. The van der Waals surface area contributed by atoms with Gasteiger partial charge in [-0.3, -0.25) is 0 Å². The van der Waals surface area contributed by atoms with Crippen molar-refractivity contribution in [1.29, 1.82) is 0 Å². The molecule has 4 N–H and O–H groups in total. The third-order valence-corrected chi connectivity index (χ3v) is 4.05. The summed E-state index contributed by atoms with van der Waals surface area (Å²) in [5.74, 6) is 0.770. The molecule has 0 unspecified atom stereocenters. The molecule has 2 aromatic rings. The van der Waals surface area contributed by atoms with Gasteiger partial charge in [0, 0.05) is 0 Å². The number of nitrogens with two attached hydrogens (primary N) is 1. The first-order valence-corrected chi connectivity index (χ1v) is 7.10. The lowest BCUT2D eigenvalue weighted by Crippen LogP contribution is -2.18. The monoisotopic (exact) mass is 281 g/mol. The molecule has 1 aromatic carbocycles. The molecule has 0 aliphatic heterocycles. The normalized spacial score (nSPS) is 11.4. The van der Waals surface area contributed by atoms with Gasteiger partial charge in [0.15, 0.2) is 0 Å². The Balaban J connectivity index is 2.16. The Morgan fingerprint density at radius 1 is 1.32 bits per heavy atom. The molecule has 0 bridgehead atoms. The SMILES string of the molecule is CNS(=O)(=O)c1ccc(NCc2ccco2)c(N)c1. The van der Waals surface area contributed by atoms with Crippen LogP contribution in [0.3, 0.4) is 0 Å². The van der Waals surface area contributed by atoms with E-state index in [1.165, 1.54) is 19.2 Å². The van der Waals surface area contributed by atoms with E-state index in [4.69, 9.17) is 10.2 Å². The molecule has 19 heavy (non-hydrogen) atoms. The summed E-state index contributed by atoms with van der Waals surface area (Å²) in [6.07, 6.45) is 1.59. The molecule has 0 aliphatic carbocycles. The number of furan rings is 1. The molecule has 1 aromatic heterocycles. The van der Waals surface area contributed by atoms with Gasteiger partial charge in [0.25, 0.3) is 0 Å². The average Bonchev–Trinajstić information content (AvgIpc) is 2.90. The van der Waals surface area contributed by atoms with Gasteiger partial charge in [-0.2, -0.15) is 0 Å². The fourth-order valence-electron chi connectivity index (χ4n) is 1.58. The lowest BCUT2D eigenvalue weighted by Gasteiger charge is -2.10. The Morgan fingerprint density at radius 3 is 2.68 bits per heavy atom. The lowest BCUT2D eigenvalue weighted by atomic mass is 10.2. The first-order chi connectivity index (χ1) is 9.03. The average molecular weight is 281 g/mol. The van der Waals surface area contributed by atoms with E-state index in [9.17, 15) is 8.42 Å². The molecule has 0 spiro atoms. The molecule has 0 aliphatic rings. The highest BCUT2D eigenvalue weighted by molar-refractivity contribution is 7.89. The van der Waals surface area contributed by atoms with E-state index in [0.29, 0.717) is 17.9 Å². The topological polar surface area (TPSA) is 97.4 Å². The van der Waals surface area contributed by atoms with E-state index in [-0.39, 0.29) is 4.90 Å². The molecule has 102 valence electrons. The minimum atomic E-state index is -3.47. The van der Waals surface area contributed by atoms with Crippen LogP contribution >= 0.6 is 0 Å². The van der Waals surface area contributed by atoms with Crippen LogP contribution < -0.4 is 15.8 Å². The molecular weight excluding hydrogens is 266 g/mol. The second-order valence-electron chi connectivity index (χ2n) is 3.89. The maximum absolute atomic E-state index is 11.6. The number of anilines is 2. The zero-order valence-electron chi connectivity index (χ0n) is 10.4. The summed E-state index contributed by atoms with van der Waals surface area (Å²) in [5, 5.41) is 3.08. The van der Waals surface area contributed by atoms with Crippen LogP contribution in [-0.4, -0.2) is 15.5 Å². The van der Waals surface area contributed by atoms with Gasteiger partial charge >= 0.3 is 0 Å². The Kier molecular flexibility index (Phi) is 3.77. The van der Waals surface area contributed by atoms with Crippen molar-refractivity contribution in [3.8, 4) is 0 Å². The first kappa shape index (κ1) is 13.4. The molecule has 0 fully saturated rings. The summed E-state index contributed by atoms with van der Waals surface area (Å²) in [6.45, 7) is 0.481. The number of nitrogen functional groups attached to an aromatic ring is 1. The van der Waals surface area contributed by atoms with Crippen LogP contribution in [0.1, 0.15) is 5.76 Å². The van der Waals surface area contributed by atoms with Crippen LogP contribution in [0.25, 0.3) is 0 Å². The fourth-order valence-corrected chi connectivity index (χ4v) is 2.35. The van der Waals surface area contributed by atoms with Gasteiger partial charge in [0.2, 0.25) is 10.0 Å². The molecule has 1 heterocycles. The predicted molar refractivity (Wildman–Crippen MR) is 73.1 cm³/mol. The van der Waals surface area contributed by atoms with Gasteiger partial charge in [-0.1, -0.05) is 0 Å². The van der Waals surface area contributed by atoms with Crippen molar-refractivity contribution in [3.63, 3.8) is 0 Å². The highest BCUT2D eigenvalue weighted by atomic mass is 32.2. The molecule has 7 heteroatoms. The second kappa shape index (κ2) is 5.33. The van der Waals surface area contributed by atoms with Gasteiger partial charge in [-0.15, -0.1) is 0 Å². The number of hydrogen-bond acceptors (Lipinski definition) is 5. The Labute approximate surface area is 111 Å². The number of hydrogen-bond donors (Lipinski definition) is 3.